The number of carbonyl (C=O) groups excluding carboxylic acids is 1. The maximum Gasteiger partial charge on any atom is 0.251 e. The van der Waals surface area contributed by atoms with Gasteiger partial charge in [-0.15, -0.1) is 11.6 Å². The molecule has 0 atom stereocenters. The molecule has 0 aliphatic rings. The fourth-order valence-electron chi connectivity index (χ4n) is 2.14. The first kappa shape index (κ1) is 14.6. The lowest BCUT2D eigenvalue weighted by molar-refractivity contribution is 0.0950. The third kappa shape index (κ3) is 3.84. The van der Waals surface area contributed by atoms with Gasteiger partial charge in [-0.1, -0.05) is 41.5 Å². The molecule has 1 amide bonds. The summed E-state index contributed by atoms with van der Waals surface area (Å²) in [6.45, 7) is 4.51. The van der Waals surface area contributed by atoms with E-state index >= 15 is 0 Å². The SMILES string of the molecule is Cc1cc(C)cc(C(=O)NCc2ccc(CCl)cc2)c1. The Hall–Kier alpha value is -1.80. The Morgan fingerprint density at radius 3 is 2.10 bits per heavy atom. The number of nitrogens with one attached hydrogen (secondary N) is 1. The van der Waals surface area contributed by atoms with Crippen molar-refractivity contribution >= 4 is 17.5 Å². The van der Waals surface area contributed by atoms with E-state index < -0.39 is 0 Å². The molecule has 3 heteroatoms. The molecule has 0 fully saturated rings. The average Bonchev–Trinajstić information content (AvgIpc) is 2.44. The monoisotopic (exact) mass is 287 g/mol. The van der Waals surface area contributed by atoms with Crippen LogP contribution >= 0.6 is 11.6 Å². The van der Waals surface area contributed by atoms with E-state index in [0.29, 0.717) is 18.0 Å². The van der Waals surface area contributed by atoms with Crippen LogP contribution in [0.5, 0.6) is 0 Å². The topological polar surface area (TPSA) is 29.1 Å². The Bertz CT molecular complexity index is 585. The van der Waals surface area contributed by atoms with E-state index in [1.807, 2.05) is 50.2 Å². The minimum atomic E-state index is -0.0433. The molecule has 2 nitrogen and oxygen atoms in total. The molecule has 1 N–H and O–H groups in total. The molecule has 0 aromatic heterocycles. The van der Waals surface area contributed by atoms with Crippen LogP contribution in [0.4, 0.5) is 0 Å². The second-order valence-corrected chi connectivity index (χ2v) is 5.28. The smallest absolute Gasteiger partial charge is 0.251 e. The van der Waals surface area contributed by atoms with Crippen LogP contribution in [0.2, 0.25) is 0 Å². The molecule has 0 unspecified atom stereocenters. The van der Waals surface area contributed by atoms with Crippen LogP contribution in [0.1, 0.15) is 32.6 Å². The quantitative estimate of drug-likeness (QED) is 0.847. The Morgan fingerprint density at radius 2 is 1.55 bits per heavy atom. The van der Waals surface area contributed by atoms with Crippen LogP contribution in [0.3, 0.4) is 0 Å². The molecule has 0 radical (unpaired) electrons. The largest absolute Gasteiger partial charge is 0.348 e. The molecular weight excluding hydrogens is 270 g/mol. The van der Waals surface area contributed by atoms with Crippen molar-refractivity contribution in [2.45, 2.75) is 26.3 Å². The second-order valence-electron chi connectivity index (χ2n) is 5.01. The summed E-state index contributed by atoms with van der Waals surface area (Å²) in [5.41, 5.74) is 5.05. The van der Waals surface area contributed by atoms with Gasteiger partial charge in [0.15, 0.2) is 0 Å². The number of hydrogen-bond acceptors (Lipinski definition) is 1. The molecule has 2 aromatic carbocycles. The highest BCUT2D eigenvalue weighted by atomic mass is 35.5. The number of aryl methyl sites for hydroxylation is 2. The molecular formula is C17H18ClNO. The van der Waals surface area contributed by atoms with Crippen molar-refractivity contribution in [3.63, 3.8) is 0 Å². The lowest BCUT2D eigenvalue weighted by Gasteiger charge is -2.07. The number of benzene rings is 2. The zero-order chi connectivity index (χ0) is 14.5. The van der Waals surface area contributed by atoms with E-state index in [1.54, 1.807) is 0 Å². The molecule has 2 rings (SSSR count). The van der Waals surface area contributed by atoms with Gasteiger partial charge in [-0.05, 0) is 37.1 Å². The number of amides is 1. The van der Waals surface area contributed by atoms with E-state index in [4.69, 9.17) is 11.6 Å². The van der Waals surface area contributed by atoms with Crippen LogP contribution in [-0.4, -0.2) is 5.91 Å². The number of carbonyl (C=O) groups is 1. The van der Waals surface area contributed by atoms with Gasteiger partial charge in [-0.25, -0.2) is 0 Å². The van der Waals surface area contributed by atoms with Gasteiger partial charge >= 0.3 is 0 Å². The molecule has 0 aliphatic carbocycles. The first-order chi connectivity index (χ1) is 9.58. The lowest BCUT2D eigenvalue weighted by Crippen LogP contribution is -2.22. The highest BCUT2D eigenvalue weighted by molar-refractivity contribution is 6.17. The summed E-state index contributed by atoms with van der Waals surface area (Å²) in [6, 6.07) is 13.8. The summed E-state index contributed by atoms with van der Waals surface area (Å²) in [7, 11) is 0. The van der Waals surface area contributed by atoms with Gasteiger partial charge in [-0.2, -0.15) is 0 Å². The average molecular weight is 288 g/mol. The number of rotatable bonds is 4. The molecule has 0 bridgehead atoms. The zero-order valence-corrected chi connectivity index (χ0v) is 12.5. The van der Waals surface area contributed by atoms with E-state index in [-0.39, 0.29) is 5.91 Å². The fourth-order valence-corrected chi connectivity index (χ4v) is 2.31. The van der Waals surface area contributed by atoms with Gasteiger partial charge in [0.2, 0.25) is 0 Å². The van der Waals surface area contributed by atoms with Gasteiger partial charge in [0, 0.05) is 18.0 Å². The summed E-state index contributed by atoms with van der Waals surface area (Å²) in [5, 5.41) is 2.94. The van der Waals surface area contributed by atoms with E-state index in [1.165, 1.54) is 0 Å². The molecule has 0 heterocycles. The Labute approximate surface area is 124 Å². The molecule has 104 valence electrons. The normalized spacial score (nSPS) is 10.3. The van der Waals surface area contributed by atoms with Gasteiger partial charge in [0.1, 0.15) is 0 Å². The van der Waals surface area contributed by atoms with Crippen LogP contribution in [0, 0.1) is 13.8 Å². The molecule has 0 spiro atoms. The van der Waals surface area contributed by atoms with Crippen LogP contribution < -0.4 is 5.32 Å². The minimum Gasteiger partial charge on any atom is -0.348 e. The van der Waals surface area contributed by atoms with Gasteiger partial charge in [0.05, 0.1) is 0 Å². The highest BCUT2D eigenvalue weighted by Gasteiger charge is 2.06. The maximum absolute atomic E-state index is 12.1. The molecule has 0 saturated carbocycles. The first-order valence-corrected chi connectivity index (χ1v) is 7.12. The van der Waals surface area contributed by atoms with Gasteiger partial charge < -0.3 is 5.32 Å². The van der Waals surface area contributed by atoms with Crippen molar-refractivity contribution < 1.29 is 4.79 Å². The predicted molar refractivity (Wildman–Crippen MR) is 83.1 cm³/mol. The van der Waals surface area contributed by atoms with E-state index in [2.05, 4.69) is 11.4 Å². The van der Waals surface area contributed by atoms with Crippen molar-refractivity contribution in [3.8, 4) is 0 Å². The lowest BCUT2D eigenvalue weighted by atomic mass is 10.1. The Balaban J connectivity index is 2.00. The standard InChI is InChI=1S/C17H18ClNO/c1-12-7-13(2)9-16(8-12)17(20)19-11-15-5-3-14(10-18)4-6-15/h3-9H,10-11H2,1-2H3,(H,19,20). The van der Waals surface area contributed by atoms with Crippen LogP contribution in [0.25, 0.3) is 0 Å². The predicted octanol–water partition coefficient (Wildman–Crippen LogP) is 3.97. The molecule has 2 aromatic rings. The number of alkyl halides is 1. The summed E-state index contributed by atoms with van der Waals surface area (Å²) < 4.78 is 0. The molecule has 0 saturated heterocycles. The van der Waals surface area contributed by atoms with Crippen LogP contribution in [-0.2, 0) is 12.4 Å². The van der Waals surface area contributed by atoms with Crippen molar-refractivity contribution in [2.75, 3.05) is 0 Å². The summed E-state index contributed by atoms with van der Waals surface area (Å²) in [4.78, 5) is 12.1. The summed E-state index contributed by atoms with van der Waals surface area (Å²) in [6.07, 6.45) is 0. The first-order valence-electron chi connectivity index (χ1n) is 6.59. The zero-order valence-electron chi connectivity index (χ0n) is 11.7. The van der Waals surface area contributed by atoms with E-state index in [9.17, 15) is 4.79 Å². The van der Waals surface area contributed by atoms with Crippen molar-refractivity contribution in [3.05, 3.63) is 70.3 Å². The molecule has 0 aliphatic heterocycles. The third-order valence-corrected chi connectivity index (χ3v) is 3.42. The van der Waals surface area contributed by atoms with Crippen molar-refractivity contribution in [1.29, 1.82) is 0 Å². The molecule has 20 heavy (non-hydrogen) atoms. The minimum absolute atomic E-state index is 0.0433. The van der Waals surface area contributed by atoms with E-state index in [0.717, 1.165) is 22.3 Å². The van der Waals surface area contributed by atoms with Crippen LogP contribution in [0.15, 0.2) is 42.5 Å². The second kappa shape index (κ2) is 6.58. The Kier molecular flexibility index (Phi) is 4.80. The summed E-state index contributed by atoms with van der Waals surface area (Å²) in [5.74, 6) is 0.466. The maximum atomic E-state index is 12.1. The van der Waals surface area contributed by atoms with Gasteiger partial charge in [0.25, 0.3) is 5.91 Å². The Morgan fingerprint density at radius 1 is 1.00 bits per heavy atom. The van der Waals surface area contributed by atoms with Crippen molar-refractivity contribution in [1.82, 2.24) is 5.32 Å². The number of hydrogen-bond donors (Lipinski definition) is 1. The highest BCUT2D eigenvalue weighted by Crippen LogP contribution is 2.10. The number of halogens is 1. The van der Waals surface area contributed by atoms with Gasteiger partial charge in [-0.3, -0.25) is 4.79 Å². The van der Waals surface area contributed by atoms with Crippen molar-refractivity contribution in [2.24, 2.45) is 0 Å². The summed E-state index contributed by atoms with van der Waals surface area (Å²) >= 11 is 5.75. The third-order valence-electron chi connectivity index (χ3n) is 3.11. The fraction of sp³-hybridized carbons (Fsp3) is 0.235.